The molecule has 1 amide bonds. The molecule has 18 heavy (non-hydrogen) atoms. The van der Waals surface area contributed by atoms with Gasteiger partial charge in [-0.2, -0.15) is 0 Å². The van der Waals surface area contributed by atoms with E-state index >= 15 is 0 Å². The van der Waals surface area contributed by atoms with E-state index in [1.807, 2.05) is 6.92 Å². The summed E-state index contributed by atoms with van der Waals surface area (Å²) in [4.78, 5) is 35.3. The monoisotopic (exact) mass is 287 g/mol. The number of β-lactam (4-membered cyclic amide) rings is 1. The van der Waals surface area contributed by atoms with E-state index in [1.54, 1.807) is 11.8 Å². The van der Waals surface area contributed by atoms with Crippen LogP contribution in [0.15, 0.2) is 11.3 Å². The second-order valence-electron chi connectivity index (χ2n) is 4.24. The highest BCUT2D eigenvalue weighted by Crippen LogP contribution is 2.43. The van der Waals surface area contributed by atoms with Crippen LogP contribution in [-0.2, 0) is 14.4 Å². The fourth-order valence-corrected chi connectivity index (χ4v) is 4.16. The maximum Gasteiger partial charge on any atom is 0.352 e. The minimum absolute atomic E-state index is 0.0531. The number of carboxylic acid groups (broad SMARTS) is 1. The Morgan fingerprint density at radius 3 is 2.78 bits per heavy atom. The molecule has 2 aliphatic heterocycles. The Labute approximate surface area is 113 Å². The van der Waals surface area contributed by atoms with Gasteiger partial charge < -0.3 is 5.11 Å². The van der Waals surface area contributed by atoms with Crippen molar-refractivity contribution in [3.63, 3.8) is 0 Å². The summed E-state index contributed by atoms with van der Waals surface area (Å²) < 4.78 is 0. The summed E-state index contributed by atoms with van der Waals surface area (Å²) in [6.45, 7) is 3.26. The minimum atomic E-state index is -1.08. The highest BCUT2D eigenvalue weighted by atomic mass is 32.2. The quantitative estimate of drug-likeness (QED) is 0.785. The lowest BCUT2D eigenvalue weighted by molar-refractivity contribution is -0.151. The number of carbonyl (C=O) groups excluding carboxylic acids is 2. The standard InChI is InChI=1S/C11H13NO4S2/c1-5-9(14)12-8(11(15)16)7(3-17-6(2)13)4-18-10(5)12/h5,10H,3-4H2,1-2H3,(H,15,16)/t5-,10+/m0/s1. The smallest absolute Gasteiger partial charge is 0.352 e. The maximum atomic E-state index is 11.7. The van der Waals surface area contributed by atoms with Crippen LogP contribution in [0.1, 0.15) is 13.8 Å². The normalized spacial score (nSPS) is 26.8. The van der Waals surface area contributed by atoms with Crippen LogP contribution in [0.4, 0.5) is 0 Å². The van der Waals surface area contributed by atoms with Gasteiger partial charge in [0, 0.05) is 18.4 Å². The van der Waals surface area contributed by atoms with E-state index in [-0.39, 0.29) is 28.0 Å². The number of amides is 1. The lowest BCUT2D eigenvalue weighted by Crippen LogP contribution is -2.60. The van der Waals surface area contributed by atoms with E-state index in [0.717, 1.165) is 11.8 Å². The molecule has 0 aromatic carbocycles. The third-order valence-corrected chi connectivity index (χ3v) is 5.34. The van der Waals surface area contributed by atoms with Gasteiger partial charge in [-0.15, -0.1) is 11.8 Å². The SMILES string of the molecule is CC(=O)SCC1=C(C(=O)O)N2C(=O)[C@H](C)[C@H]2SC1. The predicted molar refractivity (Wildman–Crippen MR) is 70.1 cm³/mol. The average Bonchev–Trinajstić information content (AvgIpc) is 2.33. The Kier molecular flexibility index (Phi) is 3.72. The molecule has 1 saturated heterocycles. The predicted octanol–water partition coefficient (Wildman–Crippen LogP) is 1.16. The number of rotatable bonds is 3. The first kappa shape index (κ1) is 13.5. The number of hydrogen-bond donors (Lipinski definition) is 1. The van der Waals surface area contributed by atoms with E-state index in [1.165, 1.54) is 11.8 Å². The van der Waals surface area contributed by atoms with Crippen molar-refractivity contribution in [1.29, 1.82) is 0 Å². The fourth-order valence-electron chi connectivity index (χ4n) is 2.04. The van der Waals surface area contributed by atoms with Crippen molar-refractivity contribution in [2.24, 2.45) is 5.92 Å². The van der Waals surface area contributed by atoms with E-state index in [4.69, 9.17) is 0 Å². The van der Waals surface area contributed by atoms with Crippen molar-refractivity contribution in [3.05, 3.63) is 11.3 Å². The third kappa shape index (κ3) is 2.16. The van der Waals surface area contributed by atoms with Gasteiger partial charge in [0.2, 0.25) is 5.91 Å². The summed E-state index contributed by atoms with van der Waals surface area (Å²) in [7, 11) is 0. The number of hydrogen-bond acceptors (Lipinski definition) is 5. The molecule has 2 heterocycles. The molecule has 1 N–H and O–H groups in total. The molecule has 0 aromatic rings. The number of fused-ring (bicyclic) bond motifs is 1. The van der Waals surface area contributed by atoms with Crippen LogP contribution in [0.25, 0.3) is 0 Å². The number of aliphatic carboxylic acids is 1. The lowest BCUT2D eigenvalue weighted by Gasteiger charge is -2.48. The van der Waals surface area contributed by atoms with Gasteiger partial charge in [-0.05, 0) is 5.57 Å². The molecule has 5 nitrogen and oxygen atoms in total. The van der Waals surface area contributed by atoms with E-state index in [2.05, 4.69) is 0 Å². The van der Waals surface area contributed by atoms with Crippen molar-refractivity contribution in [2.45, 2.75) is 19.2 Å². The van der Waals surface area contributed by atoms with Gasteiger partial charge in [-0.25, -0.2) is 4.79 Å². The zero-order chi connectivity index (χ0) is 13.4. The highest BCUT2D eigenvalue weighted by molar-refractivity contribution is 8.13. The van der Waals surface area contributed by atoms with Crippen LogP contribution in [0, 0.1) is 5.92 Å². The number of carbonyl (C=O) groups is 3. The van der Waals surface area contributed by atoms with Crippen molar-refractivity contribution >= 4 is 40.5 Å². The topological polar surface area (TPSA) is 74.7 Å². The summed E-state index contributed by atoms with van der Waals surface area (Å²) in [6, 6.07) is 0. The summed E-state index contributed by atoms with van der Waals surface area (Å²) in [6.07, 6.45) is 0. The molecule has 2 atom stereocenters. The van der Waals surface area contributed by atoms with Gasteiger partial charge >= 0.3 is 5.97 Å². The number of carboxylic acids is 1. The number of nitrogens with zero attached hydrogens (tertiary/aromatic N) is 1. The first-order chi connectivity index (χ1) is 8.43. The molecule has 7 heteroatoms. The summed E-state index contributed by atoms with van der Waals surface area (Å²) in [5, 5.41) is 9.13. The lowest BCUT2D eigenvalue weighted by atomic mass is 9.98. The van der Waals surface area contributed by atoms with Crippen molar-refractivity contribution in [2.75, 3.05) is 11.5 Å². The van der Waals surface area contributed by atoms with Crippen LogP contribution < -0.4 is 0 Å². The Hall–Kier alpha value is -0.950. The van der Waals surface area contributed by atoms with Crippen molar-refractivity contribution in [3.8, 4) is 0 Å². The molecule has 2 rings (SSSR count). The molecule has 98 valence electrons. The zero-order valence-corrected chi connectivity index (χ0v) is 11.6. The highest BCUT2D eigenvalue weighted by Gasteiger charge is 2.50. The first-order valence-electron chi connectivity index (χ1n) is 5.47. The van der Waals surface area contributed by atoms with Crippen LogP contribution in [0.3, 0.4) is 0 Å². The molecular formula is C11H13NO4S2. The van der Waals surface area contributed by atoms with Gasteiger partial charge in [0.15, 0.2) is 5.12 Å². The van der Waals surface area contributed by atoms with Crippen molar-refractivity contribution in [1.82, 2.24) is 4.90 Å². The summed E-state index contributed by atoms with van der Waals surface area (Å²) >= 11 is 2.64. The molecular weight excluding hydrogens is 274 g/mol. The zero-order valence-electron chi connectivity index (χ0n) is 10.0. The van der Waals surface area contributed by atoms with Gasteiger partial charge in [0.05, 0.1) is 11.3 Å². The van der Waals surface area contributed by atoms with Crippen LogP contribution in [0.5, 0.6) is 0 Å². The average molecular weight is 287 g/mol. The maximum absolute atomic E-state index is 11.7. The van der Waals surface area contributed by atoms with Gasteiger partial charge in [0.1, 0.15) is 5.70 Å². The van der Waals surface area contributed by atoms with Crippen LogP contribution in [0.2, 0.25) is 0 Å². The van der Waals surface area contributed by atoms with Crippen LogP contribution in [-0.4, -0.2) is 43.9 Å². The molecule has 2 aliphatic rings. The molecule has 0 spiro atoms. The van der Waals surface area contributed by atoms with Gasteiger partial charge in [-0.3, -0.25) is 14.5 Å². The van der Waals surface area contributed by atoms with Crippen LogP contribution >= 0.6 is 23.5 Å². The summed E-state index contributed by atoms with van der Waals surface area (Å²) in [5.41, 5.74) is 0.736. The molecule has 0 bridgehead atoms. The van der Waals surface area contributed by atoms with Gasteiger partial charge in [-0.1, -0.05) is 18.7 Å². The van der Waals surface area contributed by atoms with E-state index < -0.39 is 5.97 Å². The van der Waals surface area contributed by atoms with Crippen molar-refractivity contribution < 1.29 is 19.5 Å². The van der Waals surface area contributed by atoms with E-state index in [0.29, 0.717) is 17.1 Å². The molecule has 0 aromatic heterocycles. The second-order valence-corrected chi connectivity index (χ2v) is 6.49. The molecule has 0 unspecified atom stereocenters. The Morgan fingerprint density at radius 2 is 2.22 bits per heavy atom. The minimum Gasteiger partial charge on any atom is -0.477 e. The largest absolute Gasteiger partial charge is 0.477 e. The molecule has 0 radical (unpaired) electrons. The first-order valence-corrected chi connectivity index (χ1v) is 7.50. The van der Waals surface area contributed by atoms with Gasteiger partial charge in [0.25, 0.3) is 0 Å². The second kappa shape index (κ2) is 4.97. The number of thioether (sulfide) groups is 2. The Bertz CT molecular complexity index is 460. The fraction of sp³-hybridized carbons (Fsp3) is 0.545. The third-order valence-electron chi connectivity index (χ3n) is 2.97. The Morgan fingerprint density at radius 1 is 1.56 bits per heavy atom. The molecule has 0 aliphatic carbocycles. The summed E-state index contributed by atoms with van der Waals surface area (Å²) in [5.74, 6) is -0.434. The molecule has 0 saturated carbocycles. The Balaban J connectivity index is 2.26. The van der Waals surface area contributed by atoms with E-state index in [9.17, 15) is 19.5 Å². The molecule has 1 fully saturated rings.